The van der Waals surface area contributed by atoms with Crippen LogP contribution in [0.3, 0.4) is 0 Å². The number of carbonyl (C=O) groups is 1. The van der Waals surface area contributed by atoms with Gasteiger partial charge in [0.15, 0.2) is 12.6 Å². The molecule has 0 aliphatic heterocycles. The standard InChI is InChI=1S/C15H23N3O3.HI/c1-4-20-14(19)11-21-13-7-5-12(6-8-13)9-10-18-15(16-2)17-3;/h5-8H,4,9-11H2,1-3H3,(H2,16,17,18);1H. The van der Waals surface area contributed by atoms with Gasteiger partial charge in [0.1, 0.15) is 5.75 Å². The molecule has 0 aliphatic carbocycles. The van der Waals surface area contributed by atoms with E-state index in [1.165, 1.54) is 5.56 Å². The van der Waals surface area contributed by atoms with Gasteiger partial charge in [0, 0.05) is 20.6 Å². The number of hydrogen-bond acceptors (Lipinski definition) is 4. The Morgan fingerprint density at radius 3 is 2.50 bits per heavy atom. The summed E-state index contributed by atoms with van der Waals surface area (Å²) in [6, 6.07) is 7.65. The molecule has 0 bridgehead atoms. The molecule has 6 nitrogen and oxygen atoms in total. The molecule has 124 valence electrons. The molecule has 0 heterocycles. The SMILES string of the molecule is CCOC(=O)COc1ccc(CCNC(=NC)NC)cc1.I. The highest BCUT2D eigenvalue weighted by Crippen LogP contribution is 2.12. The van der Waals surface area contributed by atoms with Gasteiger partial charge in [-0.3, -0.25) is 4.99 Å². The quantitative estimate of drug-likeness (QED) is 0.303. The van der Waals surface area contributed by atoms with Crippen LogP contribution in [0.15, 0.2) is 29.3 Å². The fourth-order valence-electron chi connectivity index (χ4n) is 1.70. The van der Waals surface area contributed by atoms with Crippen molar-refractivity contribution >= 4 is 35.9 Å². The zero-order valence-electron chi connectivity index (χ0n) is 13.2. The van der Waals surface area contributed by atoms with E-state index in [0.29, 0.717) is 12.4 Å². The fraction of sp³-hybridized carbons (Fsp3) is 0.467. The summed E-state index contributed by atoms with van der Waals surface area (Å²) in [6.07, 6.45) is 0.874. The number of ether oxygens (including phenoxy) is 2. The third-order valence-corrected chi connectivity index (χ3v) is 2.75. The molecule has 0 saturated heterocycles. The van der Waals surface area contributed by atoms with E-state index in [2.05, 4.69) is 15.6 Å². The van der Waals surface area contributed by atoms with Crippen LogP contribution in [0.5, 0.6) is 5.75 Å². The maximum Gasteiger partial charge on any atom is 0.344 e. The summed E-state index contributed by atoms with van der Waals surface area (Å²) in [4.78, 5) is 15.2. The van der Waals surface area contributed by atoms with E-state index in [4.69, 9.17) is 9.47 Å². The van der Waals surface area contributed by atoms with Gasteiger partial charge in [-0.2, -0.15) is 0 Å². The summed E-state index contributed by atoms with van der Waals surface area (Å²) >= 11 is 0. The van der Waals surface area contributed by atoms with Crippen LogP contribution in [0.2, 0.25) is 0 Å². The number of aliphatic imine (C=N–C) groups is 1. The summed E-state index contributed by atoms with van der Waals surface area (Å²) < 4.78 is 10.1. The smallest absolute Gasteiger partial charge is 0.344 e. The Kier molecular flexibility index (Phi) is 11.2. The molecule has 0 unspecified atom stereocenters. The van der Waals surface area contributed by atoms with Crippen LogP contribution in [0.25, 0.3) is 0 Å². The third-order valence-electron chi connectivity index (χ3n) is 2.75. The molecule has 0 aliphatic rings. The first-order valence-electron chi connectivity index (χ1n) is 6.95. The van der Waals surface area contributed by atoms with E-state index in [1.54, 1.807) is 14.0 Å². The zero-order chi connectivity index (χ0) is 15.5. The van der Waals surface area contributed by atoms with Gasteiger partial charge in [-0.25, -0.2) is 4.79 Å². The molecule has 7 heteroatoms. The normalized spacial score (nSPS) is 10.4. The average Bonchev–Trinajstić information content (AvgIpc) is 2.51. The Morgan fingerprint density at radius 1 is 1.27 bits per heavy atom. The van der Waals surface area contributed by atoms with Crippen LogP contribution in [0.1, 0.15) is 12.5 Å². The monoisotopic (exact) mass is 421 g/mol. The molecule has 0 aromatic heterocycles. The number of rotatable bonds is 7. The minimum absolute atomic E-state index is 0. The Morgan fingerprint density at radius 2 is 1.95 bits per heavy atom. The van der Waals surface area contributed by atoms with Gasteiger partial charge >= 0.3 is 5.97 Å². The molecule has 0 amide bonds. The second-order valence-corrected chi connectivity index (χ2v) is 4.24. The molecule has 0 saturated carbocycles. The molecule has 1 aromatic rings. The van der Waals surface area contributed by atoms with Crippen molar-refractivity contribution in [2.24, 2.45) is 4.99 Å². The fourth-order valence-corrected chi connectivity index (χ4v) is 1.70. The Bertz CT molecular complexity index is 464. The van der Waals surface area contributed by atoms with Crippen molar-refractivity contribution in [1.29, 1.82) is 0 Å². The van der Waals surface area contributed by atoms with Crippen molar-refractivity contribution in [3.8, 4) is 5.75 Å². The molecular formula is C15H24IN3O3. The molecule has 0 fully saturated rings. The first-order chi connectivity index (χ1) is 10.2. The van der Waals surface area contributed by atoms with Crippen molar-refractivity contribution in [3.05, 3.63) is 29.8 Å². The number of nitrogens with one attached hydrogen (secondary N) is 2. The van der Waals surface area contributed by atoms with Gasteiger partial charge in [-0.1, -0.05) is 12.1 Å². The number of halogens is 1. The molecule has 1 aromatic carbocycles. The molecule has 22 heavy (non-hydrogen) atoms. The second kappa shape index (κ2) is 12.1. The van der Waals surface area contributed by atoms with Gasteiger partial charge in [0.25, 0.3) is 0 Å². The number of hydrogen-bond donors (Lipinski definition) is 2. The Labute approximate surface area is 148 Å². The summed E-state index contributed by atoms with van der Waals surface area (Å²) in [5, 5.41) is 6.14. The highest BCUT2D eigenvalue weighted by molar-refractivity contribution is 14.0. The van der Waals surface area contributed by atoms with E-state index in [9.17, 15) is 4.79 Å². The van der Waals surface area contributed by atoms with Crippen LogP contribution < -0.4 is 15.4 Å². The topological polar surface area (TPSA) is 72.0 Å². The summed E-state index contributed by atoms with van der Waals surface area (Å²) in [5.74, 6) is 1.07. The average molecular weight is 421 g/mol. The van der Waals surface area contributed by atoms with Gasteiger partial charge in [0.2, 0.25) is 0 Å². The molecule has 2 N–H and O–H groups in total. The van der Waals surface area contributed by atoms with Crippen LogP contribution in [-0.2, 0) is 16.0 Å². The van der Waals surface area contributed by atoms with Crippen molar-refractivity contribution in [2.75, 3.05) is 33.9 Å². The summed E-state index contributed by atoms with van der Waals surface area (Å²) in [5.41, 5.74) is 1.18. The van der Waals surface area contributed by atoms with E-state index < -0.39 is 0 Å². The van der Waals surface area contributed by atoms with E-state index in [0.717, 1.165) is 18.9 Å². The van der Waals surface area contributed by atoms with Crippen molar-refractivity contribution < 1.29 is 14.3 Å². The maximum absolute atomic E-state index is 11.2. The molecule has 0 atom stereocenters. The molecular weight excluding hydrogens is 397 g/mol. The van der Waals surface area contributed by atoms with Crippen LogP contribution in [-0.4, -0.2) is 45.8 Å². The Balaban J connectivity index is 0.00000441. The lowest BCUT2D eigenvalue weighted by Gasteiger charge is -2.09. The maximum atomic E-state index is 11.2. The zero-order valence-corrected chi connectivity index (χ0v) is 15.5. The van der Waals surface area contributed by atoms with Gasteiger partial charge in [-0.15, -0.1) is 24.0 Å². The lowest BCUT2D eigenvalue weighted by molar-refractivity contribution is -0.145. The van der Waals surface area contributed by atoms with Gasteiger partial charge < -0.3 is 20.1 Å². The predicted octanol–water partition coefficient (Wildman–Crippen LogP) is 1.58. The number of benzene rings is 1. The van der Waals surface area contributed by atoms with Crippen LogP contribution in [0.4, 0.5) is 0 Å². The van der Waals surface area contributed by atoms with Crippen molar-refractivity contribution in [2.45, 2.75) is 13.3 Å². The molecule has 1 rings (SSSR count). The lowest BCUT2D eigenvalue weighted by atomic mass is 10.1. The number of carbonyl (C=O) groups excluding carboxylic acids is 1. The summed E-state index contributed by atoms with van der Waals surface area (Å²) in [7, 11) is 3.56. The van der Waals surface area contributed by atoms with Gasteiger partial charge in [0.05, 0.1) is 6.61 Å². The van der Waals surface area contributed by atoms with E-state index in [1.807, 2.05) is 31.3 Å². The molecule has 0 spiro atoms. The first kappa shape index (κ1) is 20.5. The number of guanidine groups is 1. The number of nitrogens with zero attached hydrogens (tertiary/aromatic N) is 1. The minimum Gasteiger partial charge on any atom is -0.482 e. The van der Waals surface area contributed by atoms with Crippen molar-refractivity contribution in [3.63, 3.8) is 0 Å². The number of esters is 1. The largest absolute Gasteiger partial charge is 0.482 e. The lowest BCUT2D eigenvalue weighted by Crippen LogP contribution is -2.35. The first-order valence-corrected chi connectivity index (χ1v) is 6.95. The highest BCUT2D eigenvalue weighted by Gasteiger charge is 2.03. The van der Waals surface area contributed by atoms with Crippen LogP contribution >= 0.6 is 24.0 Å². The highest BCUT2D eigenvalue weighted by atomic mass is 127. The Hall–Kier alpha value is -1.51. The van der Waals surface area contributed by atoms with Crippen LogP contribution in [0, 0.1) is 0 Å². The summed E-state index contributed by atoms with van der Waals surface area (Å²) in [6.45, 7) is 2.86. The molecule has 0 radical (unpaired) electrons. The minimum atomic E-state index is -0.357. The third kappa shape index (κ3) is 8.06. The van der Waals surface area contributed by atoms with Crippen molar-refractivity contribution in [1.82, 2.24) is 10.6 Å². The predicted molar refractivity (Wildman–Crippen MR) is 98.1 cm³/mol. The van der Waals surface area contributed by atoms with E-state index >= 15 is 0 Å². The van der Waals surface area contributed by atoms with Gasteiger partial charge in [-0.05, 0) is 31.0 Å². The van der Waals surface area contributed by atoms with E-state index in [-0.39, 0.29) is 36.6 Å². The second-order valence-electron chi connectivity index (χ2n) is 4.24.